The molecule has 0 saturated carbocycles. The first-order valence-corrected chi connectivity index (χ1v) is 7.57. The Morgan fingerprint density at radius 3 is 2.82 bits per heavy atom. The molecule has 0 bridgehead atoms. The summed E-state index contributed by atoms with van der Waals surface area (Å²) in [5.74, 6) is -0.254. The molecule has 1 saturated heterocycles. The van der Waals surface area contributed by atoms with E-state index >= 15 is 0 Å². The van der Waals surface area contributed by atoms with E-state index in [0.29, 0.717) is 13.2 Å². The molecule has 0 aromatic heterocycles. The van der Waals surface area contributed by atoms with Crippen molar-refractivity contribution in [2.24, 2.45) is 0 Å². The largest absolute Gasteiger partial charge is 0.466 e. The van der Waals surface area contributed by atoms with E-state index in [4.69, 9.17) is 18.9 Å². The fourth-order valence-corrected chi connectivity index (χ4v) is 2.62. The second-order valence-electron chi connectivity index (χ2n) is 5.28. The zero-order valence-corrected chi connectivity index (χ0v) is 12.5. The quantitative estimate of drug-likeness (QED) is 0.631. The summed E-state index contributed by atoms with van der Waals surface area (Å²) in [7, 11) is 0. The predicted molar refractivity (Wildman–Crippen MR) is 79.1 cm³/mol. The first-order chi connectivity index (χ1) is 10.8. The van der Waals surface area contributed by atoms with Crippen LogP contribution in [0.4, 0.5) is 0 Å². The number of fused-ring (bicyclic) bond motifs is 1. The lowest BCUT2D eigenvalue weighted by molar-refractivity contribution is -0.262. The summed E-state index contributed by atoms with van der Waals surface area (Å²) in [6.45, 7) is 2.61. The molecule has 1 fully saturated rings. The maximum Gasteiger partial charge on any atom is 0.308 e. The maximum absolute atomic E-state index is 11.5. The summed E-state index contributed by atoms with van der Waals surface area (Å²) in [4.78, 5) is 11.5. The van der Waals surface area contributed by atoms with Gasteiger partial charge in [-0.3, -0.25) is 4.79 Å². The fraction of sp³-hybridized carbons (Fsp3) is 0.471. The molecule has 0 aliphatic carbocycles. The van der Waals surface area contributed by atoms with Gasteiger partial charge in [0.25, 0.3) is 0 Å². The van der Waals surface area contributed by atoms with Gasteiger partial charge in [0.2, 0.25) is 0 Å². The highest BCUT2D eigenvalue weighted by atomic mass is 16.7. The standard InChI is InChI=1S/C17H20O5/c1-2-19-16(18)10-13-8-9-14-15(21-13)11-20-17(22-14)12-6-4-3-5-7-12/h3-9,13-15,17H,2,10-11H2,1H3/t13-,14-,15+,17+/m0/s1. The highest BCUT2D eigenvalue weighted by molar-refractivity contribution is 5.70. The molecule has 0 radical (unpaired) electrons. The van der Waals surface area contributed by atoms with Crippen molar-refractivity contribution >= 4 is 5.97 Å². The summed E-state index contributed by atoms with van der Waals surface area (Å²) in [6, 6.07) is 9.82. The van der Waals surface area contributed by atoms with E-state index in [1.165, 1.54) is 0 Å². The summed E-state index contributed by atoms with van der Waals surface area (Å²) in [6.07, 6.45) is 3.04. The Morgan fingerprint density at radius 2 is 2.05 bits per heavy atom. The van der Waals surface area contributed by atoms with Gasteiger partial charge in [-0.15, -0.1) is 0 Å². The maximum atomic E-state index is 11.5. The number of esters is 1. The molecule has 2 aliphatic heterocycles. The minimum Gasteiger partial charge on any atom is -0.466 e. The van der Waals surface area contributed by atoms with Gasteiger partial charge in [0.1, 0.15) is 12.2 Å². The minimum atomic E-state index is -0.377. The molecule has 0 unspecified atom stereocenters. The van der Waals surface area contributed by atoms with Crippen molar-refractivity contribution in [3.05, 3.63) is 48.0 Å². The Labute approximate surface area is 129 Å². The normalized spacial score (nSPS) is 30.6. The lowest BCUT2D eigenvalue weighted by Crippen LogP contribution is -2.45. The van der Waals surface area contributed by atoms with Crippen LogP contribution in [0.5, 0.6) is 0 Å². The Balaban J connectivity index is 1.59. The minimum absolute atomic E-state index is 0.155. The monoisotopic (exact) mass is 304 g/mol. The predicted octanol–water partition coefficient (Wildman–Crippen LogP) is 2.38. The molecule has 118 valence electrons. The van der Waals surface area contributed by atoms with Crippen LogP contribution in [0.1, 0.15) is 25.2 Å². The van der Waals surface area contributed by atoms with Crippen LogP contribution in [0.2, 0.25) is 0 Å². The molecule has 2 aliphatic rings. The van der Waals surface area contributed by atoms with Crippen molar-refractivity contribution < 1.29 is 23.7 Å². The van der Waals surface area contributed by atoms with Crippen LogP contribution in [0.15, 0.2) is 42.5 Å². The van der Waals surface area contributed by atoms with Crippen LogP contribution in [-0.2, 0) is 23.7 Å². The van der Waals surface area contributed by atoms with E-state index in [-0.39, 0.29) is 37.0 Å². The van der Waals surface area contributed by atoms with Gasteiger partial charge in [0, 0.05) is 5.56 Å². The van der Waals surface area contributed by atoms with Crippen LogP contribution in [0.3, 0.4) is 0 Å². The lowest BCUT2D eigenvalue weighted by Gasteiger charge is -2.38. The molecule has 3 rings (SSSR count). The zero-order chi connectivity index (χ0) is 15.4. The van der Waals surface area contributed by atoms with Gasteiger partial charge in [-0.2, -0.15) is 0 Å². The van der Waals surface area contributed by atoms with E-state index in [2.05, 4.69) is 0 Å². The van der Waals surface area contributed by atoms with E-state index in [9.17, 15) is 4.79 Å². The number of rotatable bonds is 4. The van der Waals surface area contributed by atoms with Gasteiger partial charge in [-0.25, -0.2) is 0 Å². The van der Waals surface area contributed by atoms with Gasteiger partial charge < -0.3 is 18.9 Å². The number of hydrogen-bond acceptors (Lipinski definition) is 5. The summed E-state index contributed by atoms with van der Waals surface area (Å²) in [5.41, 5.74) is 0.989. The van der Waals surface area contributed by atoms with Gasteiger partial charge in [-0.1, -0.05) is 42.5 Å². The van der Waals surface area contributed by atoms with Crippen molar-refractivity contribution in [1.82, 2.24) is 0 Å². The van der Waals surface area contributed by atoms with Crippen molar-refractivity contribution in [3.8, 4) is 0 Å². The number of carbonyl (C=O) groups excluding carboxylic acids is 1. The number of carbonyl (C=O) groups is 1. The van der Waals surface area contributed by atoms with Crippen molar-refractivity contribution in [2.75, 3.05) is 13.2 Å². The Morgan fingerprint density at radius 1 is 1.23 bits per heavy atom. The number of ether oxygens (including phenoxy) is 4. The lowest BCUT2D eigenvalue weighted by atomic mass is 10.1. The van der Waals surface area contributed by atoms with Crippen LogP contribution in [0.25, 0.3) is 0 Å². The molecule has 4 atom stereocenters. The Bertz CT molecular complexity index is 527. The van der Waals surface area contributed by atoms with Crippen LogP contribution >= 0.6 is 0 Å². The second-order valence-corrected chi connectivity index (χ2v) is 5.28. The summed E-state index contributed by atoms with van der Waals surface area (Å²) >= 11 is 0. The molecule has 5 heteroatoms. The third-order valence-electron chi connectivity index (χ3n) is 3.67. The first kappa shape index (κ1) is 15.2. The molecule has 0 N–H and O–H groups in total. The highest BCUT2D eigenvalue weighted by Gasteiger charge is 2.36. The molecule has 0 spiro atoms. The van der Waals surface area contributed by atoms with Gasteiger partial charge in [-0.05, 0) is 6.92 Å². The van der Waals surface area contributed by atoms with Crippen molar-refractivity contribution in [2.45, 2.75) is 37.9 Å². The average Bonchev–Trinajstić information content (AvgIpc) is 2.55. The van der Waals surface area contributed by atoms with Gasteiger partial charge in [0.15, 0.2) is 6.29 Å². The number of benzene rings is 1. The topological polar surface area (TPSA) is 54.0 Å². The van der Waals surface area contributed by atoms with E-state index < -0.39 is 0 Å². The molecule has 2 heterocycles. The molecule has 0 amide bonds. The zero-order valence-electron chi connectivity index (χ0n) is 12.5. The molecule has 22 heavy (non-hydrogen) atoms. The molecular weight excluding hydrogens is 284 g/mol. The van der Waals surface area contributed by atoms with E-state index in [0.717, 1.165) is 5.56 Å². The fourth-order valence-electron chi connectivity index (χ4n) is 2.62. The molecule has 1 aromatic rings. The summed E-state index contributed by atoms with van der Waals surface area (Å²) < 4.78 is 22.5. The third-order valence-corrected chi connectivity index (χ3v) is 3.67. The van der Waals surface area contributed by atoms with Gasteiger partial charge in [0.05, 0.1) is 25.7 Å². The Hall–Kier alpha value is -1.69. The van der Waals surface area contributed by atoms with Crippen LogP contribution in [-0.4, -0.2) is 37.5 Å². The van der Waals surface area contributed by atoms with Gasteiger partial charge >= 0.3 is 5.97 Å². The first-order valence-electron chi connectivity index (χ1n) is 7.57. The average molecular weight is 304 g/mol. The number of hydrogen-bond donors (Lipinski definition) is 0. The Kier molecular flexibility index (Phi) is 4.87. The van der Waals surface area contributed by atoms with Crippen molar-refractivity contribution in [1.29, 1.82) is 0 Å². The molecular formula is C17H20O5. The van der Waals surface area contributed by atoms with E-state index in [1.807, 2.05) is 42.5 Å². The van der Waals surface area contributed by atoms with Crippen LogP contribution < -0.4 is 0 Å². The molecule has 5 nitrogen and oxygen atoms in total. The summed E-state index contributed by atoms with van der Waals surface area (Å²) in [5, 5.41) is 0. The van der Waals surface area contributed by atoms with E-state index in [1.54, 1.807) is 6.92 Å². The molecule has 1 aromatic carbocycles. The van der Waals surface area contributed by atoms with Crippen molar-refractivity contribution in [3.63, 3.8) is 0 Å². The smallest absolute Gasteiger partial charge is 0.308 e. The van der Waals surface area contributed by atoms with Crippen LogP contribution in [0, 0.1) is 0 Å². The second kappa shape index (κ2) is 7.05. The SMILES string of the molecule is CCOC(=O)C[C@@H]1C=C[C@@H]2O[C@H](c3ccccc3)OC[C@H]2O1. The highest BCUT2D eigenvalue weighted by Crippen LogP contribution is 2.31. The third kappa shape index (κ3) is 3.55.